The summed E-state index contributed by atoms with van der Waals surface area (Å²) in [6, 6.07) is 0. The van der Waals surface area contributed by atoms with Gasteiger partial charge in [-0.25, -0.2) is 0 Å². The minimum Gasteiger partial charge on any atom is -0.462 e. The summed E-state index contributed by atoms with van der Waals surface area (Å²) in [6.07, 6.45) is 27.4. The van der Waals surface area contributed by atoms with E-state index in [1.807, 2.05) is 0 Å². The number of unbranched alkanes of at least 4 members (excludes halogenated alkanes) is 6. The second-order valence-electron chi connectivity index (χ2n) is 15.1. The van der Waals surface area contributed by atoms with Crippen molar-refractivity contribution in [3.8, 4) is 0 Å². The lowest BCUT2D eigenvalue weighted by molar-refractivity contribution is -0.151. The maximum Gasteiger partial charge on any atom is 0.306 e. The largest absolute Gasteiger partial charge is 0.462 e. The average Bonchev–Trinajstić information content (AvgIpc) is 3.25. The van der Waals surface area contributed by atoms with E-state index in [1.54, 1.807) is 11.1 Å². The normalized spacial score (nSPS) is 34.5. The van der Waals surface area contributed by atoms with Crippen LogP contribution in [0.15, 0.2) is 23.3 Å². The topological polar surface area (TPSA) is 26.3 Å². The quantitative estimate of drug-likeness (QED) is 0.162. The van der Waals surface area contributed by atoms with Gasteiger partial charge in [-0.3, -0.25) is 4.79 Å². The van der Waals surface area contributed by atoms with Gasteiger partial charge >= 0.3 is 5.97 Å². The van der Waals surface area contributed by atoms with Gasteiger partial charge in [0.1, 0.15) is 6.10 Å². The molecule has 3 saturated carbocycles. The van der Waals surface area contributed by atoms with Crippen molar-refractivity contribution in [3.05, 3.63) is 23.3 Å². The smallest absolute Gasteiger partial charge is 0.306 e. The zero-order valence-electron chi connectivity index (χ0n) is 26.7. The monoisotopic (exact) mass is 538 g/mol. The Morgan fingerprint density at radius 2 is 1.62 bits per heavy atom. The Morgan fingerprint density at radius 3 is 2.36 bits per heavy atom. The van der Waals surface area contributed by atoms with Crippen LogP contribution in [0.25, 0.3) is 0 Å². The zero-order valence-corrected chi connectivity index (χ0v) is 26.7. The van der Waals surface area contributed by atoms with Crippen LogP contribution < -0.4 is 0 Å². The van der Waals surface area contributed by atoms with Crippen LogP contribution in [-0.4, -0.2) is 12.1 Å². The molecule has 0 unspecified atom stereocenters. The summed E-state index contributed by atoms with van der Waals surface area (Å²) >= 11 is 0. The average molecular weight is 539 g/mol. The van der Waals surface area contributed by atoms with Crippen LogP contribution in [0.2, 0.25) is 0 Å². The molecule has 0 aromatic heterocycles. The molecule has 2 nitrogen and oxygen atoms in total. The van der Waals surface area contributed by atoms with Crippen LogP contribution in [0.4, 0.5) is 0 Å². The van der Waals surface area contributed by atoms with Gasteiger partial charge in [0, 0.05) is 12.8 Å². The molecule has 0 aliphatic heterocycles. The van der Waals surface area contributed by atoms with E-state index in [2.05, 4.69) is 53.7 Å². The van der Waals surface area contributed by atoms with E-state index >= 15 is 0 Å². The molecule has 222 valence electrons. The molecule has 7 atom stereocenters. The molecule has 4 rings (SSSR count). The van der Waals surface area contributed by atoms with Crippen LogP contribution in [0, 0.1) is 40.4 Å². The maximum atomic E-state index is 12.6. The van der Waals surface area contributed by atoms with Crippen LogP contribution in [0.5, 0.6) is 0 Å². The second kappa shape index (κ2) is 13.7. The highest BCUT2D eigenvalue weighted by Crippen LogP contribution is 2.66. The Hall–Kier alpha value is -1.05. The van der Waals surface area contributed by atoms with E-state index in [4.69, 9.17) is 4.74 Å². The van der Waals surface area contributed by atoms with Crippen LogP contribution in [0.3, 0.4) is 0 Å². The SMILES string of the molecule is CCCCCCCCCC(=O)O[C@@H]1CC[C@@]2(C)C(=CC=C3[C@@H]4CC[C@@H]([C@H](C)CCCC(C)C)[C@@]4(C)CC[C@@H]32)C1. The van der Waals surface area contributed by atoms with Gasteiger partial charge in [-0.2, -0.15) is 0 Å². The van der Waals surface area contributed by atoms with Crippen molar-refractivity contribution in [3.63, 3.8) is 0 Å². The van der Waals surface area contributed by atoms with E-state index in [0.717, 1.165) is 42.9 Å². The number of hydrogen-bond acceptors (Lipinski definition) is 2. The van der Waals surface area contributed by atoms with Gasteiger partial charge in [0.25, 0.3) is 0 Å². The van der Waals surface area contributed by atoms with Crippen molar-refractivity contribution in [1.82, 2.24) is 0 Å². The molecule has 0 bridgehead atoms. The number of esters is 1. The van der Waals surface area contributed by atoms with E-state index in [1.165, 1.54) is 89.9 Å². The van der Waals surface area contributed by atoms with Gasteiger partial charge in [-0.1, -0.05) is 123 Å². The first kappa shape index (κ1) is 30.9. The van der Waals surface area contributed by atoms with Crippen molar-refractivity contribution < 1.29 is 9.53 Å². The molecule has 4 aliphatic carbocycles. The summed E-state index contributed by atoms with van der Waals surface area (Å²) in [7, 11) is 0. The summed E-state index contributed by atoms with van der Waals surface area (Å²) in [6.45, 7) is 14.8. The number of carbonyl (C=O) groups is 1. The van der Waals surface area contributed by atoms with E-state index in [0.29, 0.717) is 17.8 Å². The van der Waals surface area contributed by atoms with Gasteiger partial charge in [0.05, 0.1) is 0 Å². The lowest BCUT2D eigenvalue weighted by Gasteiger charge is -2.55. The van der Waals surface area contributed by atoms with Gasteiger partial charge < -0.3 is 4.74 Å². The lowest BCUT2D eigenvalue weighted by Crippen LogP contribution is -2.46. The van der Waals surface area contributed by atoms with Gasteiger partial charge in [0.2, 0.25) is 0 Å². The van der Waals surface area contributed by atoms with Crippen molar-refractivity contribution in [2.75, 3.05) is 0 Å². The summed E-state index contributed by atoms with van der Waals surface area (Å²) in [5.74, 6) is 4.10. The first-order valence-electron chi connectivity index (χ1n) is 17.3. The third-order valence-corrected chi connectivity index (χ3v) is 12.0. The van der Waals surface area contributed by atoms with Gasteiger partial charge in [-0.15, -0.1) is 0 Å². The van der Waals surface area contributed by atoms with Crippen LogP contribution in [-0.2, 0) is 9.53 Å². The Bertz CT molecular complexity index is 867. The molecule has 0 aromatic carbocycles. The number of carbonyl (C=O) groups excluding carboxylic acids is 1. The highest BCUT2D eigenvalue weighted by atomic mass is 16.5. The number of rotatable bonds is 14. The fourth-order valence-corrected chi connectivity index (χ4v) is 9.57. The maximum absolute atomic E-state index is 12.6. The summed E-state index contributed by atoms with van der Waals surface area (Å²) in [5.41, 5.74) is 4.12. The molecule has 0 saturated heterocycles. The third kappa shape index (κ3) is 7.06. The Morgan fingerprint density at radius 1 is 0.872 bits per heavy atom. The fourth-order valence-electron chi connectivity index (χ4n) is 9.57. The molecule has 0 heterocycles. The number of allylic oxidation sites excluding steroid dienone is 3. The molecule has 39 heavy (non-hydrogen) atoms. The minimum absolute atomic E-state index is 0.0396. The molecular weight excluding hydrogens is 476 g/mol. The Labute approximate surface area is 242 Å². The molecule has 0 N–H and O–H groups in total. The molecule has 4 aliphatic rings. The first-order valence-corrected chi connectivity index (χ1v) is 17.3. The predicted octanol–water partition coefficient (Wildman–Crippen LogP) is 11.0. The van der Waals surface area contributed by atoms with Gasteiger partial charge in [-0.05, 0) is 85.4 Å². The molecular formula is C37H62O2. The molecule has 3 fully saturated rings. The zero-order chi connectivity index (χ0) is 28.0. The molecule has 0 radical (unpaired) electrons. The molecule has 0 spiro atoms. The Balaban J connectivity index is 1.32. The van der Waals surface area contributed by atoms with E-state index in [9.17, 15) is 4.79 Å². The number of hydrogen-bond donors (Lipinski definition) is 0. The summed E-state index contributed by atoms with van der Waals surface area (Å²) in [4.78, 5) is 12.6. The molecule has 0 amide bonds. The highest BCUT2D eigenvalue weighted by Gasteiger charge is 2.57. The summed E-state index contributed by atoms with van der Waals surface area (Å²) in [5, 5.41) is 0. The molecule has 0 aromatic rings. The van der Waals surface area contributed by atoms with Crippen molar-refractivity contribution in [1.29, 1.82) is 0 Å². The van der Waals surface area contributed by atoms with Crippen molar-refractivity contribution in [2.24, 2.45) is 40.4 Å². The van der Waals surface area contributed by atoms with Crippen molar-refractivity contribution in [2.45, 2.75) is 163 Å². The van der Waals surface area contributed by atoms with Crippen molar-refractivity contribution >= 4 is 5.97 Å². The second-order valence-corrected chi connectivity index (χ2v) is 15.1. The number of fused-ring (bicyclic) bond motifs is 5. The van der Waals surface area contributed by atoms with Gasteiger partial charge in [0.15, 0.2) is 0 Å². The van der Waals surface area contributed by atoms with E-state index in [-0.39, 0.29) is 17.5 Å². The highest BCUT2D eigenvalue weighted by molar-refractivity contribution is 5.69. The number of ether oxygens (including phenoxy) is 1. The van der Waals surface area contributed by atoms with Crippen LogP contribution in [0.1, 0.15) is 157 Å². The fraction of sp³-hybridized carbons (Fsp3) is 0.865. The minimum atomic E-state index is 0.0396. The lowest BCUT2D eigenvalue weighted by atomic mass is 9.50. The first-order chi connectivity index (χ1) is 18.7. The third-order valence-electron chi connectivity index (χ3n) is 12.0. The standard InChI is InChI=1S/C37H62O2/c1-7-8-9-10-11-12-13-17-35(38)39-30-22-24-36(5)29(26-30)18-19-31-33-21-20-32(28(4)16-14-15-27(2)3)37(33,6)25-23-34(31)36/h18-19,27-28,30,32-34H,7-17,20-26H2,1-6H3/t28-,30-,32+,33+,34+,36+,37-/m1/s1. The van der Waals surface area contributed by atoms with Crippen LogP contribution >= 0.6 is 0 Å². The van der Waals surface area contributed by atoms with E-state index < -0.39 is 0 Å². The predicted molar refractivity (Wildman–Crippen MR) is 166 cm³/mol. The summed E-state index contributed by atoms with van der Waals surface area (Å²) < 4.78 is 6.04. The molecule has 2 heteroatoms. The Kier molecular flexibility index (Phi) is 10.9.